The van der Waals surface area contributed by atoms with Crippen molar-refractivity contribution < 1.29 is 19.0 Å². The molecule has 7 nitrogen and oxygen atoms in total. The lowest BCUT2D eigenvalue weighted by atomic mass is 10.1. The lowest BCUT2D eigenvalue weighted by molar-refractivity contribution is 0.178. The van der Waals surface area contributed by atoms with E-state index in [-0.39, 0.29) is 12.5 Å². The van der Waals surface area contributed by atoms with Crippen molar-refractivity contribution in [2.45, 2.75) is 6.61 Å². The third-order valence-electron chi connectivity index (χ3n) is 4.41. The molecular formula is C21H18ClN3O4. The van der Waals surface area contributed by atoms with E-state index in [0.717, 1.165) is 21.8 Å². The highest BCUT2D eigenvalue weighted by molar-refractivity contribution is 6.30. The first-order valence-corrected chi connectivity index (χ1v) is 9.22. The SMILES string of the molecule is CNC(=O)Oc1ncc2[nH]c3cccc(Oc4ccc(Cl)cc4)c3c2c1COC. The van der Waals surface area contributed by atoms with Crippen molar-refractivity contribution in [3.8, 4) is 17.4 Å². The summed E-state index contributed by atoms with van der Waals surface area (Å²) in [5.41, 5.74) is 2.29. The number of ether oxygens (including phenoxy) is 3. The molecule has 2 aromatic carbocycles. The van der Waals surface area contributed by atoms with Gasteiger partial charge in [-0.15, -0.1) is 0 Å². The third kappa shape index (κ3) is 3.70. The third-order valence-corrected chi connectivity index (χ3v) is 4.66. The molecular weight excluding hydrogens is 394 g/mol. The first-order valence-electron chi connectivity index (χ1n) is 8.85. The number of aromatic amines is 1. The van der Waals surface area contributed by atoms with Gasteiger partial charge in [0, 0.05) is 24.6 Å². The summed E-state index contributed by atoms with van der Waals surface area (Å²) in [6, 6.07) is 12.8. The van der Waals surface area contributed by atoms with Crippen molar-refractivity contribution in [1.82, 2.24) is 15.3 Å². The summed E-state index contributed by atoms with van der Waals surface area (Å²) < 4.78 is 16.8. The van der Waals surface area contributed by atoms with Gasteiger partial charge in [-0.3, -0.25) is 0 Å². The maximum atomic E-state index is 11.8. The fourth-order valence-electron chi connectivity index (χ4n) is 3.17. The number of aromatic nitrogens is 2. The monoisotopic (exact) mass is 411 g/mol. The second-order valence-corrected chi connectivity index (χ2v) is 6.70. The molecule has 0 aliphatic carbocycles. The van der Waals surface area contributed by atoms with Crippen LogP contribution >= 0.6 is 11.6 Å². The molecule has 0 aliphatic heterocycles. The maximum Gasteiger partial charge on any atom is 0.413 e. The number of amides is 1. The van der Waals surface area contributed by atoms with Gasteiger partial charge in [0.15, 0.2) is 0 Å². The van der Waals surface area contributed by atoms with E-state index in [9.17, 15) is 4.79 Å². The van der Waals surface area contributed by atoms with Crippen LogP contribution in [0.2, 0.25) is 5.02 Å². The maximum absolute atomic E-state index is 11.8. The molecule has 4 rings (SSSR count). The number of nitrogens with one attached hydrogen (secondary N) is 2. The zero-order valence-corrected chi connectivity index (χ0v) is 16.5. The number of hydrogen-bond acceptors (Lipinski definition) is 5. The zero-order chi connectivity index (χ0) is 20.4. The van der Waals surface area contributed by atoms with Crippen LogP contribution in [-0.4, -0.2) is 30.2 Å². The van der Waals surface area contributed by atoms with Crippen molar-refractivity contribution in [3.63, 3.8) is 0 Å². The van der Waals surface area contributed by atoms with Gasteiger partial charge in [-0.2, -0.15) is 0 Å². The Morgan fingerprint density at radius 1 is 1.14 bits per heavy atom. The standard InChI is InChI=1S/C21H18ClN3O4/c1-23-21(26)29-20-14(11-27-2)18-16(10-24-20)25-15-4-3-5-17(19(15)18)28-13-8-6-12(22)7-9-13/h3-10,25H,11H2,1-2H3,(H,23,26). The summed E-state index contributed by atoms with van der Waals surface area (Å²) in [5.74, 6) is 1.48. The Labute approximate surface area is 171 Å². The lowest BCUT2D eigenvalue weighted by Crippen LogP contribution is -2.23. The van der Waals surface area contributed by atoms with Crippen LogP contribution in [0.4, 0.5) is 4.79 Å². The van der Waals surface area contributed by atoms with Gasteiger partial charge in [-0.1, -0.05) is 17.7 Å². The summed E-state index contributed by atoms with van der Waals surface area (Å²) in [6.45, 7) is 0.207. The first kappa shape index (κ1) is 19.0. The minimum absolute atomic E-state index is 0.181. The van der Waals surface area contributed by atoms with Crippen LogP contribution in [0.1, 0.15) is 5.56 Å². The Kier molecular flexibility index (Phi) is 5.24. The van der Waals surface area contributed by atoms with E-state index in [2.05, 4.69) is 15.3 Å². The quantitative estimate of drug-likeness (QED) is 0.481. The topological polar surface area (TPSA) is 85.5 Å². The van der Waals surface area contributed by atoms with E-state index >= 15 is 0 Å². The molecule has 8 heteroatoms. The number of rotatable bonds is 5. The van der Waals surface area contributed by atoms with Crippen molar-refractivity contribution in [2.24, 2.45) is 0 Å². The molecule has 0 radical (unpaired) electrons. The van der Waals surface area contributed by atoms with Crippen molar-refractivity contribution in [1.29, 1.82) is 0 Å². The molecule has 2 heterocycles. The zero-order valence-electron chi connectivity index (χ0n) is 15.8. The molecule has 0 spiro atoms. The number of carbonyl (C=O) groups excluding carboxylic acids is 1. The Hall–Kier alpha value is -3.29. The average Bonchev–Trinajstić information content (AvgIpc) is 3.11. The number of hydrogen-bond donors (Lipinski definition) is 2. The number of methoxy groups -OCH3 is 1. The van der Waals surface area contributed by atoms with Crippen LogP contribution in [0.3, 0.4) is 0 Å². The van der Waals surface area contributed by atoms with E-state index in [1.807, 2.05) is 18.2 Å². The lowest BCUT2D eigenvalue weighted by Gasteiger charge is -2.11. The van der Waals surface area contributed by atoms with E-state index in [1.54, 1.807) is 37.6 Å². The van der Waals surface area contributed by atoms with E-state index in [1.165, 1.54) is 7.05 Å². The van der Waals surface area contributed by atoms with Crippen molar-refractivity contribution in [3.05, 3.63) is 59.2 Å². The number of pyridine rings is 1. The highest BCUT2D eigenvalue weighted by Gasteiger charge is 2.20. The number of fused-ring (bicyclic) bond motifs is 3. The fourth-order valence-corrected chi connectivity index (χ4v) is 3.30. The van der Waals surface area contributed by atoms with Gasteiger partial charge in [0.1, 0.15) is 11.5 Å². The molecule has 2 N–H and O–H groups in total. The van der Waals surface area contributed by atoms with E-state index < -0.39 is 6.09 Å². The van der Waals surface area contributed by atoms with Crippen LogP contribution in [-0.2, 0) is 11.3 Å². The molecule has 0 saturated heterocycles. The summed E-state index contributed by atoms with van der Waals surface area (Å²) in [4.78, 5) is 19.4. The smallest absolute Gasteiger partial charge is 0.413 e. The molecule has 0 aliphatic rings. The molecule has 29 heavy (non-hydrogen) atoms. The van der Waals surface area contributed by atoms with Crippen LogP contribution in [0.15, 0.2) is 48.7 Å². The molecule has 0 unspecified atom stereocenters. The van der Waals surface area contributed by atoms with Crippen molar-refractivity contribution >= 4 is 39.5 Å². The summed E-state index contributed by atoms with van der Waals surface area (Å²) >= 11 is 5.97. The summed E-state index contributed by atoms with van der Waals surface area (Å²) in [6.07, 6.45) is 1.02. The van der Waals surface area contributed by atoms with E-state index in [0.29, 0.717) is 22.1 Å². The highest BCUT2D eigenvalue weighted by atomic mass is 35.5. The predicted molar refractivity (Wildman–Crippen MR) is 111 cm³/mol. The average molecular weight is 412 g/mol. The number of carbonyl (C=O) groups is 1. The van der Waals surface area contributed by atoms with E-state index in [4.69, 9.17) is 25.8 Å². The second kappa shape index (κ2) is 7.98. The summed E-state index contributed by atoms with van der Waals surface area (Å²) in [7, 11) is 3.06. The van der Waals surface area contributed by atoms with Gasteiger partial charge >= 0.3 is 6.09 Å². The van der Waals surface area contributed by atoms with Crippen LogP contribution in [0.25, 0.3) is 21.8 Å². The Balaban J connectivity index is 1.92. The van der Waals surface area contributed by atoms with Gasteiger partial charge < -0.3 is 24.5 Å². The number of halogens is 1. The van der Waals surface area contributed by atoms with Crippen LogP contribution < -0.4 is 14.8 Å². The fraction of sp³-hybridized carbons (Fsp3) is 0.143. The number of H-pyrrole nitrogens is 1. The minimum atomic E-state index is -0.605. The molecule has 148 valence electrons. The van der Waals surface area contributed by atoms with Gasteiger partial charge in [-0.25, -0.2) is 9.78 Å². The normalized spacial score (nSPS) is 11.0. The van der Waals surface area contributed by atoms with Crippen molar-refractivity contribution in [2.75, 3.05) is 14.2 Å². The van der Waals surface area contributed by atoms with Crippen LogP contribution in [0.5, 0.6) is 17.4 Å². The largest absolute Gasteiger partial charge is 0.457 e. The van der Waals surface area contributed by atoms with Gasteiger partial charge in [0.05, 0.1) is 34.8 Å². The number of benzene rings is 2. The first-order chi connectivity index (χ1) is 14.1. The highest BCUT2D eigenvalue weighted by Crippen LogP contribution is 2.39. The van der Waals surface area contributed by atoms with Gasteiger partial charge in [0.2, 0.25) is 5.88 Å². The Bertz CT molecular complexity index is 1190. The molecule has 4 aromatic rings. The van der Waals surface area contributed by atoms with Gasteiger partial charge in [-0.05, 0) is 36.4 Å². The molecule has 0 atom stereocenters. The van der Waals surface area contributed by atoms with Crippen LogP contribution in [0, 0.1) is 0 Å². The number of nitrogens with zero attached hydrogens (tertiary/aromatic N) is 1. The molecule has 0 bridgehead atoms. The molecule has 0 fully saturated rings. The Morgan fingerprint density at radius 3 is 2.66 bits per heavy atom. The predicted octanol–water partition coefficient (Wildman–Crippen LogP) is 5.03. The second-order valence-electron chi connectivity index (χ2n) is 6.26. The molecule has 1 amide bonds. The summed E-state index contributed by atoms with van der Waals surface area (Å²) in [5, 5.41) is 4.72. The molecule has 0 saturated carbocycles. The molecule has 2 aromatic heterocycles. The Morgan fingerprint density at radius 2 is 1.93 bits per heavy atom. The minimum Gasteiger partial charge on any atom is -0.457 e. The van der Waals surface area contributed by atoms with Gasteiger partial charge in [0.25, 0.3) is 0 Å².